The van der Waals surface area contributed by atoms with Gasteiger partial charge < -0.3 is 5.11 Å². The SMILES string of the molecule is CCC(C)(C)C(=O)n1cnc2c1c(=O)n(C)c(=O)n2CCCCCCO. The molecule has 0 aliphatic carbocycles. The number of aliphatic hydroxyl groups is 1. The maximum absolute atomic E-state index is 12.8. The van der Waals surface area contributed by atoms with Crippen LogP contribution >= 0.6 is 0 Å². The van der Waals surface area contributed by atoms with Gasteiger partial charge in [-0.2, -0.15) is 0 Å². The highest BCUT2D eigenvalue weighted by atomic mass is 16.3. The van der Waals surface area contributed by atoms with E-state index in [1.807, 2.05) is 20.8 Å². The second kappa shape index (κ2) is 7.99. The number of fused-ring (bicyclic) bond motifs is 1. The van der Waals surface area contributed by atoms with Crippen LogP contribution in [0.1, 0.15) is 57.7 Å². The number of carbonyl (C=O) groups excluding carboxylic acids is 1. The van der Waals surface area contributed by atoms with Crippen molar-refractivity contribution in [2.75, 3.05) is 6.61 Å². The maximum atomic E-state index is 12.8. The molecular formula is C18H28N4O4. The fourth-order valence-corrected chi connectivity index (χ4v) is 2.82. The lowest BCUT2D eigenvalue weighted by Gasteiger charge is -2.21. The molecule has 0 fully saturated rings. The van der Waals surface area contributed by atoms with Gasteiger partial charge in [-0.05, 0) is 19.3 Å². The van der Waals surface area contributed by atoms with E-state index < -0.39 is 16.7 Å². The summed E-state index contributed by atoms with van der Waals surface area (Å²) in [6.45, 7) is 6.13. The van der Waals surface area contributed by atoms with E-state index in [-0.39, 0.29) is 23.7 Å². The minimum absolute atomic E-state index is 0.147. The Morgan fingerprint density at radius 3 is 2.46 bits per heavy atom. The zero-order valence-electron chi connectivity index (χ0n) is 16.0. The second-order valence-electron chi connectivity index (χ2n) is 7.27. The summed E-state index contributed by atoms with van der Waals surface area (Å²) in [7, 11) is 1.42. The number of rotatable bonds is 8. The lowest BCUT2D eigenvalue weighted by Crippen LogP contribution is -2.40. The third-order valence-electron chi connectivity index (χ3n) is 5.00. The number of aromatic nitrogens is 4. The Labute approximate surface area is 152 Å². The molecule has 8 nitrogen and oxygen atoms in total. The summed E-state index contributed by atoms with van der Waals surface area (Å²) in [6, 6.07) is 0. The van der Waals surface area contributed by atoms with Crippen molar-refractivity contribution < 1.29 is 9.90 Å². The van der Waals surface area contributed by atoms with Crippen LogP contribution in [-0.4, -0.2) is 36.3 Å². The molecule has 0 amide bonds. The summed E-state index contributed by atoms with van der Waals surface area (Å²) < 4.78 is 3.77. The van der Waals surface area contributed by atoms with E-state index in [2.05, 4.69) is 4.98 Å². The fourth-order valence-electron chi connectivity index (χ4n) is 2.82. The van der Waals surface area contributed by atoms with E-state index in [0.717, 1.165) is 30.3 Å². The Bertz CT molecular complexity index is 904. The Morgan fingerprint density at radius 2 is 1.85 bits per heavy atom. The van der Waals surface area contributed by atoms with Gasteiger partial charge in [0.1, 0.15) is 6.33 Å². The summed E-state index contributed by atoms with van der Waals surface area (Å²) in [6.07, 6.45) is 5.16. The lowest BCUT2D eigenvalue weighted by atomic mass is 9.89. The minimum atomic E-state index is -0.635. The molecule has 0 aromatic carbocycles. The van der Waals surface area contributed by atoms with Gasteiger partial charge in [0.25, 0.3) is 5.56 Å². The highest BCUT2D eigenvalue weighted by molar-refractivity contribution is 5.91. The number of aliphatic hydroxyl groups excluding tert-OH is 1. The van der Waals surface area contributed by atoms with Crippen molar-refractivity contribution in [3.8, 4) is 0 Å². The average Bonchev–Trinajstić information content (AvgIpc) is 3.06. The van der Waals surface area contributed by atoms with E-state index in [0.29, 0.717) is 13.0 Å². The molecule has 2 aromatic rings. The Balaban J connectivity index is 2.50. The monoisotopic (exact) mass is 364 g/mol. The van der Waals surface area contributed by atoms with Crippen LogP contribution in [0.3, 0.4) is 0 Å². The summed E-state index contributed by atoms with van der Waals surface area (Å²) in [5, 5.41) is 8.84. The van der Waals surface area contributed by atoms with Crippen molar-refractivity contribution in [1.82, 2.24) is 18.7 Å². The number of aryl methyl sites for hydroxylation is 1. The molecule has 0 saturated carbocycles. The van der Waals surface area contributed by atoms with Crippen LogP contribution in [0.15, 0.2) is 15.9 Å². The van der Waals surface area contributed by atoms with Gasteiger partial charge in [0.15, 0.2) is 11.2 Å². The molecule has 2 aromatic heterocycles. The normalized spacial score (nSPS) is 12.0. The molecule has 0 bridgehead atoms. The molecule has 0 radical (unpaired) electrons. The zero-order chi connectivity index (χ0) is 19.5. The van der Waals surface area contributed by atoms with Gasteiger partial charge in [-0.1, -0.05) is 33.6 Å². The largest absolute Gasteiger partial charge is 0.396 e. The van der Waals surface area contributed by atoms with Crippen LogP contribution in [0.25, 0.3) is 11.2 Å². The van der Waals surface area contributed by atoms with Crippen molar-refractivity contribution in [3.63, 3.8) is 0 Å². The van der Waals surface area contributed by atoms with Crippen molar-refractivity contribution in [1.29, 1.82) is 0 Å². The molecular weight excluding hydrogens is 336 g/mol. The van der Waals surface area contributed by atoms with Crippen molar-refractivity contribution >= 4 is 17.1 Å². The molecule has 0 atom stereocenters. The van der Waals surface area contributed by atoms with Gasteiger partial charge in [-0.3, -0.25) is 23.3 Å². The standard InChI is InChI=1S/C18H28N4O4/c1-5-18(2,3)16(25)22-12-19-14-13(22)15(24)20(4)17(26)21(14)10-8-6-7-9-11-23/h12,23H,5-11H2,1-4H3. The third kappa shape index (κ3) is 3.65. The van der Waals surface area contributed by atoms with Crippen LogP contribution in [0.4, 0.5) is 0 Å². The lowest BCUT2D eigenvalue weighted by molar-refractivity contribution is 0.0744. The smallest absolute Gasteiger partial charge is 0.332 e. The molecule has 0 spiro atoms. The Kier molecular flexibility index (Phi) is 6.17. The first kappa shape index (κ1) is 20.1. The van der Waals surface area contributed by atoms with Crippen LogP contribution in [0.2, 0.25) is 0 Å². The number of unbranched alkanes of at least 4 members (excludes halogenated alkanes) is 3. The summed E-state index contributed by atoms with van der Waals surface area (Å²) >= 11 is 0. The van der Waals surface area contributed by atoms with E-state index >= 15 is 0 Å². The van der Waals surface area contributed by atoms with E-state index in [4.69, 9.17) is 5.11 Å². The van der Waals surface area contributed by atoms with Crippen LogP contribution < -0.4 is 11.2 Å². The van der Waals surface area contributed by atoms with Gasteiger partial charge in [0.2, 0.25) is 5.91 Å². The predicted molar refractivity (Wildman–Crippen MR) is 99.5 cm³/mol. The summed E-state index contributed by atoms with van der Waals surface area (Å²) in [5.74, 6) is -0.215. The van der Waals surface area contributed by atoms with Gasteiger partial charge in [0.05, 0.1) is 0 Å². The fraction of sp³-hybridized carbons (Fsp3) is 0.667. The number of nitrogens with zero attached hydrogens (tertiary/aromatic N) is 4. The number of hydrogen-bond donors (Lipinski definition) is 1. The second-order valence-corrected chi connectivity index (χ2v) is 7.27. The maximum Gasteiger partial charge on any atom is 0.332 e. The van der Waals surface area contributed by atoms with E-state index in [1.165, 1.54) is 22.5 Å². The Hall–Kier alpha value is -2.22. The highest BCUT2D eigenvalue weighted by Gasteiger charge is 2.30. The van der Waals surface area contributed by atoms with Crippen LogP contribution in [-0.2, 0) is 13.6 Å². The molecule has 0 unspecified atom stereocenters. The van der Waals surface area contributed by atoms with Crippen molar-refractivity contribution in [2.24, 2.45) is 12.5 Å². The topological polar surface area (TPSA) is 99.1 Å². The highest BCUT2D eigenvalue weighted by Crippen LogP contribution is 2.23. The van der Waals surface area contributed by atoms with E-state index in [1.54, 1.807) is 0 Å². The van der Waals surface area contributed by atoms with Crippen LogP contribution in [0.5, 0.6) is 0 Å². The average molecular weight is 364 g/mol. The first-order valence-corrected chi connectivity index (χ1v) is 9.08. The third-order valence-corrected chi connectivity index (χ3v) is 5.00. The van der Waals surface area contributed by atoms with E-state index in [9.17, 15) is 14.4 Å². The van der Waals surface area contributed by atoms with Crippen molar-refractivity contribution in [3.05, 3.63) is 27.2 Å². The zero-order valence-corrected chi connectivity index (χ0v) is 16.0. The van der Waals surface area contributed by atoms with Crippen LogP contribution in [0, 0.1) is 5.41 Å². The molecule has 26 heavy (non-hydrogen) atoms. The molecule has 144 valence electrons. The summed E-state index contributed by atoms with van der Waals surface area (Å²) in [5.41, 5.74) is -1.19. The number of imidazole rings is 1. The molecule has 8 heteroatoms. The molecule has 2 heterocycles. The first-order valence-electron chi connectivity index (χ1n) is 9.08. The molecule has 0 saturated heterocycles. The number of carbonyl (C=O) groups is 1. The van der Waals surface area contributed by atoms with Crippen molar-refractivity contribution in [2.45, 2.75) is 59.4 Å². The molecule has 0 aliphatic heterocycles. The molecule has 0 aliphatic rings. The first-order chi connectivity index (χ1) is 12.3. The minimum Gasteiger partial charge on any atom is -0.396 e. The Morgan fingerprint density at radius 1 is 1.19 bits per heavy atom. The predicted octanol–water partition coefficient (Wildman–Crippen LogP) is 1.53. The number of hydrogen-bond acceptors (Lipinski definition) is 5. The summed E-state index contributed by atoms with van der Waals surface area (Å²) in [4.78, 5) is 42.2. The van der Waals surface area contributed by atoms with Gasteiger partial charge >= 0.3 is 5.69 Å². The quantitative estimate of drug-likeness (QED) is 0.716. The van der Waals surface area contributed by atoms with Gasteiger partial charge in [-0.25, -0.2) is 9.78 Å². The molecule has 2 rings (SSSR count). The van der Waals surface area contributed by atoms with Gasteiger partial charge in [-0.15, -0.1) is 0 Å². The van der Waals surface area contributed by atoms with Gasteiger partial charge in [0, 0.05) is 25.6 Å². The molecule has 1 N–H and O–H groups in total.